The van der Waals surface area contributed by atoms with Crippen molar-refractivity contribution in [1.29, 1.82) is 0 Å². The van der Waals surface area contributed by atoms with Crippen LogP contribution in [0.3, 0.4) is 0 Å². The second-order valence-electron chi connectivity index (χ2n) is 5.38. The van der Waals surface area contributed by atoms with E-state index in [1.165, 1.54) is 0 Å². The summed E-state index contributed by atoms with van der Waals surface area (Å²) in [6, 6.07) is 14.5. The lowest BCUT2D eigenvalue weighted by molar-refractivity contribution is -0.115. The van der Waals surface area contributed by atoms with Gasteiger partial charge in [0.1, 0.15) is 12.7 Å². The zero-order valence-electron chi connectivity index (χ0n) is 14.0. The van der Waals surface area contributed by atoms with Crippen LogP contribution in [0.2, 0.25) is 0 Å². The average Bonchev–Trinajstić information content (AvgIpc) is 3.21. The fourth-order valence-corrected chi connectivity index (χ4v) is 2.75. The zero-order valence-corrected chi connectivity index (χ0v) is 14.9. The fourth-order valence-electron chi connectivity index (χ4n) is 2.29. The van der Waals surface area contributed by atoms with Crippen molar-refractivity contribution in [2.75, 3.05) is 18.1 Å². The Morgan fingerprint density at radius 3 is 2.50 bits per heavy atom. The molecular formula is C18H17N5O2S. The number of thioether (sulfide) groups is 1. The molecule has 0 aliphatic rings. The average molecular weight is 367 g/mol. The predicted molar refractivity (Wildman–Crippen MR) is 101 cm³/mol. The normalized spacial score (nSPS) is 10.3. The van der Waals surface area contributed by atoms with Crippen molar-refractivity contribution >= 4 is 29.3 Å². The van der Waals surface area contributed by atoms with Gasteiger partial charge >= 0.3 is 0 Å². The molecule has 0 aliphatic heterocycles. The van der Waals surface area contributed by atoms with Crippen molar-refractivity contribution in [3.63, 3.8) is 0 Å². The first-order chi connectivity index (χ1) is 12.7. The highest BCUT2D eigenvalue weighted by atomic mass is 32.2. The molecule has 7 nitrogen and oxygen atoms in total. The van der Waals surface area contributed by atoms with Gasteiger partial charge in [-0.25, -0.2) is 0 Å². The first kappa shape index (κ1) is 17.7. The van der Waals surface area contributed by atoms with E-state index < -0.39 is 0 Å². The molecule has 0 saturated carbocycles. The summed E-state index contributed by atoms with van der Waals surface area (Å²) in [4.78, 5) is 25.2. The molecule has 0 saturated heterocycles. The molecule has 0 radical (unpaired) electrons. The van der Waals surface area contributed by atoms with Crippen LogP contribution in [0.5, 0.6) is 0 Å². The monoisotopic (exact) mass is 367 g/mol. The third-order valence-corrected chi connectivity index (χ3v) is 4.33. The minimum absolute atomic E-state index is 0.102. The Morgan fingerprint density at radius 1 is 1.08 bits per heavy atom. The van der Waals surface area contributed by atoms with Gasteiger partial charge in [0.05, 0.1) is 6.54 Å². The fraction of sp³-hybridized carbons (Fsp3) is 0.111. The summed E-state index contributed by atoms with van der Waals surface area (Å²) < 4.78 is 1.73. The number of nitrogens with zero attached hydrogens (tertiary/aromatic N) is 3. The number of hydrogen-bond donors (Lipinski definition) is 2. The summed E-state index contributed by atoms with van der Waals surface area (Å²) in [6.07, 6.45) is 5.12. The SMILES string of the molecule is CSc1cccc(NC(=O)CNC(=O)c2ccc(-n3cnnc3)cc2)c1. The standard InChI is InChI=1S/C18H17N5O2S/c1-26-16-4-2-3-14(9-16)22-17(24)10-19-18(25)13-5-7-15(8-6-13)23-11-20-21-12-23/h2-9,11-12H,10H2,1H3,(H,19,25)(H,22,24). The van der Waals surface area contributed by atoms with Crippen molar-refractivity contribution in [3.8, 4) is 5.69 Å². The van der Waals surface area contributed by atoms with Crippen molar-refractivity contribution < 1.29 is 9.59 Å². The second kappa shape index (κ2) is 8.30. The van der Waals surface area contributed by atoms with E-state index in [4.69, 9.17) is 0 Å². The van der Waals surface area contributed by atoms with E-state index in [1.807, 2.05) is 30.5 Å². The van der Waals surface area contributed by atoms with Crippen LogP contribution in [0.4, 0.5) is 5.69 Å². The van der Waals surface area contributed by atoms with Gasteiger partial charge in [-0.1, -0.05) is 6.07 Å². The molecule has 3 aromatic rings. The smallest absolute Gasteiger partial charge is 0.251 e. The zero-order chi connectivity index (χ0) is 18.4. The number of aromatic nitrogens is 3. The number of hydrogen-bond acceptors (Lipinski definition) is 5. The van der Waals surface area contributed by atoms with Gasteiger partial charge in [-0.3, -0.25) is 14.2 Å². The first-order valence-electron chi connectivity index (χ1n) is 7.83. The Kier molecular flexibility index (Phi) is 5.65. The van der Waals surface area contributed by atoms with Crippen molar-refractivity contribution in [1.82, 2.24) is 20.1 Å². The van der Waals surface area contributed by atoms with E-state index in [0.29, 0.717) is 11.3 Å². The van der Waals surface area contributed by atoms with E-state index in [2.05, 4.69) is 20.8 Å². The van der Waals surface area contributed by atoms with Gasteiger partial charge in [-0.15, -0.1) is 22.0 Å². The largest absolute Gasteiger partial charge is 0.343 e. The number of anilines is 1. The number of nitrogens with one attached hydrogen (secondary N) is 2. The molecule has 0 unspecified atom stereocenters. The number of benzene rings is 2. The van der Waals surface area contributed by atoms with Crippen LogP contribution in [0, 0.1) is 0 Å². The van der Waals surface area contributed by atoms with Gasteiger partial charge in [0.15, 0.2) is 0 Å². The molecule has 0 bridgehead atoms. The van der Waals surface area contributed by atoms with Gasteiger partial charge in [-0.05, 0) is 48.7 Å². The molecule has 1 aromatic heterocycles. The third-order valence-electron chi connectivity index (χ3n) is 3.61. The molecule has 8 heteroatoms. The predicted octanol–water partition coefficient (Wildman–Crippen LogP) is 2.36. The Morgan fingerprint density at radius 2 is 1.81 bits per heavy atom. The van der Waals surface area contributed by atoms with Crippen molar-refractivity contribution in [3.05, 3.63) is 66.7 Å². The second-order valence-corrected chi connectivity index (χ2v) is 6.26. The summed E-state index contributed by atoms with van der Waals surface area (Å²) in [5.74, 6) is -0.592. The molecule has 0 atom stereocenters. The van der Waals surface area contributed by atoms with Crippen LogP contribution in [-0.4, -0.2) is 39.4 Å². The molecule has 0 fully saturated rings. The molecule has 132 valence electrons. The van der Waals surface area contributed by atoms with E-state index in [0.717, 1.165) is 10.6 Å². The van der Waals surface area contributed by atoms with Gasteiger partial charge in [0.2, 0.25) is 5.91 Å². The number of amides is 2. The molecule has 0 aliphatic carbocycles. The number of rotatable bonds is 6. The topological polar surface area (TPSA) is 88.9 Å². The Labute approximate surface area is 154 Å². The van der Waals surface area contributed by atoms with Crippen molar-refractivity contribution in [2.24, 2.45) is 0 Å². The summed E-state index contributed by atoms with van der Waals surface area (Å²) in [5, 5.41) is 12.9. The van der Waals surface area contributed by atoms with Gasteiger partial charge in [0, 0.05) is 21.8 Å². The lowest BCUT2D eigenvalue weighted by atomic mass is 10.2. The van der Waals surface area contributed by atoms with Crippen LogP contribution in [0.15, 0.2) is 66.1 Å². The van der Waals surface area contributed by atoms with Crippen LogP contribution >= 0.6 is 11.8 Å². The molecule has 2 N–H and O–H groups in total. The Balaban J connectivity index is 1.53. The lowest BCUT2D eigenvalue weighted by Gasteiger charge is -2.08. The van der Waals surface area contributed by atoms with E-state index in [1.54, 1.807) is 53.2 Å². The molecular weight excluding hydrogens is 350 g/mol. The minimum atomic E-state index is -0.312. The summed E-state index contributed by atoms with van der Waals surface area (Å²) in [6.45, 7) is -0.102. The Hall–Kier alpha value is -3.13. The van der Waals surface area contributed by atoms with Crippen LogP contribution in [-0.2, 0) is 4.79 Å². The van der Waals surface area contributed by atoms with Gasteiger partial charge < -0.3 is 10.6 Å². The summed E-state index contributed by atoms with van der Waals surface area (Å²) in [7, 11) is 0. The molecule has 2 aromatic carbocycles. The van der Waals surface area contributed by atoms with Crippen LogP contribution < -0.4 is 10.6 Å². The highest BCUT2D eigenvalue weighted by Crippen LogP contribution is 2.18. The van der Waals surface area contributed by atoms with E-state index >= 15 is 0 Å². The maximum atomic E-state index is 12.2. The quantitative estimate of drug-likeness (QED) is 0.653. The molecule has 1 heterocycles. The van der Waals surface area contributed by atoms with Gasteiger partial charge in [-0.2, -0.15) is 0 Å². The third kappa shape index (κ3) is 4.48. The summed E-state index contributed by atoms with van der Waals surface area (Å²) >= 11 is 1.60. The first-order valence-corrected chi connectivity index (χ1v) is 9.05. The highest BCUT2D eigenvalue weighted by Gasteiger charge is 2.09. The van der Waals surface area contributed by atoms with Crippen LogP contribution in [0.25, 0.3) is 5.69 Å². The number of carbonyl (C=O) groups is 2. The van der Waals surface area contributed by atoms with Gasteiger partial charge in [0.25, 0.3) is 5.91 Å². The highest BCUT2D eigenvalue weighted by molar-refractivity contribution is 7.98. The van der Waals surface area contributed by atoms with Crippen LogP contribution in [0.1, 0.15) is 10.4 Å². The maximum Gasteiger partial charge on any atom is 0.251 e. The van der Waals surface area contributed by atoms with Crippen molar-refractivity contribution in [2.45, 2.75) is 4.90 Å². The Bertz CT molecular complexity index is 894. The van der Waals surface area contributed by atoms with E-state index in [-0.39, 0.29) is 18.4 Å². The molecule has 2 amide bonds. The lowest BCUT2D eigenvalue weighted by Crippen LogP contribution is -2.32. The molecule has 0 spiro atoms. The summed E-state index contributed by atoms with van der Waals surface area (Å²) in [5.41, 5.74) is 2.02. The minimum Gasteiger partial charge on any atom is -0.343 e. The van der Waals surface area contributed by atoms with E-state index in [9.17, 15) is 9.59 Å². The molecule has 26 heavy (non-hydrogen) atoms. The molecule has 3 rings (SSSR count). The number of carbonyl (C=O) groups excluding carboxylic acids is 2. The maximum absolute atomic E-state index is 12.2.